The molecule has 1 fully saturated rings. The summed E-state index contributed by atoms with van der Waals surface area (Å²) in [6.45, 7) is 0. The van der Waals surface area contributed by atoms with Crippen LogP contribution in [0.3, 0.4) is 0 Å². The molecule has 0 amide bonds. The quantitative estimate of drug-likeness (QED) is 0.855. The molecule has 0 bridgehead atoms. The summed E-state index contributed by atoms with van der Waals surface area (Å²) in [7, 11) is 0. The van der Waals surface area contributed by atoms with Crippen LogP contribution in [0.1, 0.15) is 48.8 Å². The van der Waals surface area contributed by atoms with Crippen molar-refractivity contribution in [2.24, 2.45) is 5.73 Å². The topological polar surface area (TPSA) is 26.0 Å². The number of hydrogen-bond donors (Lipinski definition) is 1. The van der Waals surface area contributed by atoms with Gasteiger partial charge >= 0.3 is 6.18 Å². The third kappa shape index (κ3) is 3.22. The fourth-order valence-corrected chi connectivity index (χ4v) is 2.12. The van der Waals surface area contributed by atoms with Crippen LogP contribution in [0.15, 0.2) is 24.3 Å². The molecule has 94 valence electrons. The smallest absolute Gasteiger partial charge is 0.324 e. The summed E-state index contributed by atoms with van der Waals surface area (Å²) in [6.07, 6.45) is -1.54. The molecular weight excluding hydrogens is 227 g/mol. The minimum Gasteiger partial charge on any atom is -0.324 e. The number of rotatable bonds is 3. The van der Waals surface area contributed by atoms with Crippen LogP contribution < -0.4 is 5.73 Å². The fourth-order valence-electron chi connectivity index (χ4n) is 2.12. The van der Waals surface area contributed by atoms with E-state index in [9.17, 15) is 13.2 Å². The van der Waals surface area contributed by atoms with Crippen molar-refractivity contribution < 1.29 is 13.2 Å². The molecule has 0 spiro atoms. The van der Waals surface area contributed by atoms with Crippen LogP contribution in [0.2, 0.25) is 0 Å². The van der Waals surface area contributed by atoms with Gasteiger partial charge in [0.05, 0.1) is 6.42 Å². The molecule has 1 aromatic carbocycles. The zero-order chi connectivity index (χ0) is 12.5. The molecule has 0 aliphatic heterocycles. The summed E-state index contributed by atoms with van der Waals surface area (Å²) >= 11 is 0. The predicted octanol–water partition coefficient (Wildman–Crippen LogP) is 3.91. The normalized spacial score (nSPS) is 18.8. The molecule has 0 heterocycles. The van der Waals surface area contributed by atoms with Gasteiger partial charge in [0, 0.05) is 6.04 Å². The number of halogens is 3. The Bertz CT molecular complexity index is 365. The number of benzene rings is 1. The van der Waals surface area contributed by atoms with Gasteiger partial charge in [-0.3, -0.25) is 0 Å². The van der Waals surface area contributed by atoms with E-state index in [-0.39, 0.29) is 0 Å². The Balaban J connectivity index is 2.01. The van der Waals surface area contributed by atoms with Crippen molar-refractivity contribution in [3.8, 4) is 0 Å². The summed E-state index contributed by atoms with van der Waals surface area (Å²) < 4.78 is 36.5. The van der Waals surface area contributed by atoms with Gasteiger partial charge < -0.3 is 5.73 Å². The van der Waals surface area contributed by atoms with Gasteiger partial charge in [-0.05, 0) is 29.9 Å². The SMILES string of the molecule is NC(CC(F)(F)F)c1ccc(C2CCC2)cc1. The Morgan fingerprint density at radius 1 is 1.18 bits per heavy atom. The van der Waals surface area contributed by atoms with Crippen molar-refractivity contribution in [2.75, 3.05) is 0 Å². The maximum Gasteiger partial charge on any atom is 0.390 e. The maximum absolute atomic E-state index is 12.2. The molecule has 1 unspecified atom stereocenters. The first kappa shape index (κ1) is 12.4. The van der Waals surface area contributed by atoms with Gasteiger partial charge in [-0.2, -0.15) is 13.2 Å². The summed E-state index contributed by atoms with van der Waals surface area (Å²) in [5.74, 6) is 0.600. The minimum absolute atomic E-state index is 0.561. The van der Waals surface area contributed by atoms with E-state index in [0.29, 0.717) is 11.5 Å². The van der Waals surface area contributed by atoms with Gasteiger partial charge in [-0.1, -0.05) is 30.7 Å². The Hall–Kier alpha value is -1.03. The van der Waals surface area contributed by atoms with E-state index < -0.39 is 18.6 Å². The first-order valence-electron chi connectivity index (χ1n) is 5.88. The largest absolute Gasteiger partial charge is 0.390 e. The lowest BCUT2D eigenvalue weighted by atomic mass is 9.80. The Morgan fingerprint density at radius 2 is 1.76 bits per heavy atom. The van der Waals surface area contributed by atoms with E-state index in [2.05, 4.69) is 0 Å². The molecule has 1 saturated carbocycles. The van der Waals surface area contributed by atoms with Crippen LogP contribution in [-0.2, 0) is 0 Å². The third-order valence-electron chi connectivity index (χ3n) is 3.39. The van der Waals surface area contributed by atoms with Gasteiger partial charge in [-0.25, -0.2) is 0 Å². The third-order valence-corrected chi connectivity index (χ3v) is 3.39. The lowest BCUT2D eigenvalue weighted by Crippen LogP contribution is -2.20. The number of alkyl halides is 3. The summed E-state index contributed by atoms with van der Waals surface area (Å²) in [5, 5.41) is 0. The molecule has 1 nitrogen and oxygen atoms in total. The second-order valence-corrected chi connectivity index (χ2v) is 4.72. The highest BCUT2D eigenvalue weighted by Gasteiger charge is 2.31. The van der Waals surface area contributed by atoms with Crippen molar-refractivity contribution in [2.45, 2.75) is 43.8 Å². The van der Waals surface area contributed by atoms with Gasteiger partial charge in [0.15, 0.2) is 0 Å². The lowest BCUT2D eigenvalue weighted by Gasteiger charge is -2.26. The van der Waals surface area contributed by atoms with Crippen molar-refractivity contribution in [1.82, 2.24) is 0 Å². The van der Waals surface area contributed by atoms with Crippen molar-refractivity contribution in [3.63, 3.8) is 0 Å². The average Bonchev–Trinajstić information content (AvgIpc) is 2.13. The van der Waals surface area contributed by atoms with E-state index in [4.69, 9.17) is 5.73 Å². The van der Waals surface area contributed by atoms with Crippen LogP contribution in [0.4, 0.5) is 13.2 Å². The van der Waals surface area contributed by atoms with Crippen molar-refractivity contribution >= 4 is 0 Å². The monoisotopic (exact) mass is 243 g/mol. The Morgan fingerprint density at radius 3 is 2.18 bits per heavy atom. The molecule has 1 aromatic rings. The number of hydrogen-bond acceptors (Lipinski definition) is 1. The van der Waals surface area contributed by atoms with Gasteiger partial charge in [0.2, 0.25) is 0 Å². The summed E-state index contributed by atoms with van der Waals surface area (Å²) in [6, 6.07) is 6.32. The molecule has 2 N–H and O–H groups in total. The van der Waals surface area contributed by atoms with E-state index in [0.717, 1.165) is 0 Å². The van der Waals surface area contributed by atoms with E-state index >= 15 is 0 Å². The zero-order valence-corrected chi connectivity index (χ0v) is 9.50. The Labute approximate surface area is 98.8 Å². The van der Waals surface area contributed by atoms with E-state index in [1.165, 1.54) is 24.8 Å². The molecule has 4 heteroatoms. The fraction of sp³-hybridized carbons (Fsp3) is 0.538. The van der Waals surface area contributed by atoms with Crippen LogP contribution in [-0.4, -0.2) is 6.18 Å². The average molecular weight is 243 g/mol. The first-order valence-corrected chi connectivity index (χ1v) is 5.88. The van der Waals surface area contributed by atoms with Crippen LogP contribution >= 0.6 is 0 Å². The summed E-state index contributed by atoms with van der Waals surface area (Å²) in [5.41, 5.74) is 7.32. The molecule has 1 aliphatic carbocycles. The van der Waals surface area contributed by atoms with Gasteiger partial charge in [-0.15, -0.1) is 0 Å². The van der Waals surface area contributed by atoms with Gasteiger partial charge in [0.25, 0.3) is 0 Å². The molecule has 1 atom stereocenters. The molecule has 1 aliphatic rings. The minimum atomic E-state index is -4.20. The molecule has 0 radical (unpaired) electrons. The molecule has 2 rings (SSSR count). The highest BCUT2D eigenvalue weighted by molar-refractivity contribution is 5.28. The maximum atomic E-state index is 12.2. The highest BCUT2D eigenvalue weighted by atomic mass is 19.4. The first-order chi connectivity index (χ1) is 7.96. The second kappa shape index (κ2) is 4.69. The molecule has 0 aromatic heterocycles. The van der Waals surface area contributed by atoms with Crippen LogP contribution in [0.25, 0.3) is 0 Å². The van der Waals surface area contributed by atoms with E-state index in [1.807, 2.05) is 12.1 Å². The highest BCUT2D eigenvalue weighted by Crippen LogP contribution is 2.37. The van der Waals surface area contributed by atoms with Crippen molar-refractivity contribution in [1.29, 1.82) is 0 Å². The van der Waals surface area contributed by atoms with E-state index in [1.54, 1.807) is 12.1 Å². The van der Waals surface area contributed by atoms with Crippen LogP contribution in [0, 0.1) is 0 Å². The molecular formula is C13H16F3N. The number of nitrogens with two attached hydrogens (primary N) is 1. The second-order valence-electron chi connectivity index (χ2n) is 4.72. The lowest BCUT2D eigenvalue weighted by molar-refractivity contribution is -0.138. The van der Waals surface area contributed by atoms with Crippen LogP contribution in [0.5, 0.6) is 0 Å². The van der Waals surface area contributed by atoms with Crippen molar-refractivity contribution in [3.05, 3.63) is 35.4 Å². The molecule has 17 heavy (non-hydrogen) atoms. The molecule has 0 saturated heterocycles. The summed E-state index contributed by atoms with van der Waals surface area (Å²) in [4.78, 5) is 0. The zero-order valence-electron chi connectivity index (χ0n) is 9.50. The van der Waals surface area contributed by atoms with Gasteiger partial charge in [0.1, 0.15) is 0 Å². The Kier molecular flexibility index (Phi) is 3.43. The predicted molar refractivity (Wildman–Crippen MR) is 60.6 cm³/mol. The standard InChI is InChI=1S/C13H16F3N/c14-13(15,16)8-12(17)11-6-4-10(5-7-11)9-2-1-3-9/h4-7,9,12H,1-3,8,17H2.